The van der Waals surface area contributed by atoms with Crippen LogP contribution in [0.2, 0.25) is 5.02 Å². The molecule has 0 radical (unpaired) electrons. The van der Waals surface area contributed by atoms with Crippen LogP contribution in [0.1, 0.15) is 19.4 Å². The zero-order chi connectivity index (χ0) is 18.2. The number of nitro groups is 1. The van der Waals surface area contributed by atoms with Crippen LogP contribution in [0.15, 0.2) is 36.4 Å². The molecule has 25 heavy (non-hydrogen) atoms. The van der Waals surface area contributed by atoms with Gasteiger partial charge >= 0.3 is 0 Å². The van der Waals surface area contributed by atoms with Crippen molar-refractivity contribution in [2.45, 2.75) is 20.3 Å². The van der Waals surface area contributed by atoms with E-state index in [0.717, 1.165) is 11.3 Å². The van der Waals surface area contributed by atoms with Crippen LogP contribution in [-0.4, -0.2) is 24.7 Å². The molecule has 0 bridgehead atoms. The maximum Gasteiger partial charge on any atom is 0.293 e. The molecule has 0 atom stereocenters. The Morgan fingerprint density at radius 3 is 2.48 bits per heavy atom. The average molecular weight is 365 g/mol. The topological polar surface area (TPSA) is 73.6 Å². The molecule has 0 saturated heterocycles. The zero-order valence-corrected chi connectivity index (χ0v) is 15.0. The van der Waals surface area contributed by atoms with Crippen LogP contribution in [0.4, 0.5) is 11.4 Å². The summed E-state index contributed by atoms with van der Waals surface area (Å²) in [6, 6.07) is 10.4. The van der Waals surface area contributed by atoms with E-state index in [-0.39, 0.29) is 5.69 Å². The third kappa shape index (κ3) is 5.26. The number of rotatable bonds is 9. The lowest BCUT2D eigenvalue weighted by Gasteiger charge is -2.13. The smallest absolute Gasteiger partial charge is 0.293 e. The molecule has 0 saturated carbocycles. The predicted octanol–water partition coefficient (Wildman–Crippen LogP) is 4.70. The van der Waals surface area contributed by atoms with Crippen molar-refractivity contribution < 1.29 is 14.4 Å². The maximum absolute atomic E-state index is 11.1. The Morgan fingerprint density at radius 2 is 1.80 bits per heavy atom. The largest absolute Gasteiger partial charge is 0.490 e. The normalized spacial score (nSPS) is 10.4. The van der Waals surface area contributed by atoms with Gasteiger partial charge in [0.05, 0.1) is 18.1 Å². The third-order valence-corrected chi connectivity index (χ3v) is 3.73. The highest BCUT2D eigenvalue weighted by Crippen LogP contribution is 2.30. The molecule has 0 aromatic heterocycles. The van der Waals surface area contributed by atoms with Gasteiger partial charge < -0.3 is 14.8 Å². The third-order valence-electron chi connectivity index (χ3n) is 3.49. The molecule has 0 spiro atoms. The zero-order valence-electron chi connectivity index (χ0n) is 14.3. The summed E-state index contributed by atoms with van der Waals surface area (Å²) in [5.74, 6) is 1.42. The second-order valence-electron chi connectivity index (χ2n) is 5.24. The molecule has 0 amide bonds. The summed E-state index contributed by atoms with van der Waals surface area (Å²) >= 11 is 5.82. The minimum absolute atomic E-state index is 0.0331. The first-order valence-corrected chi connectivity index (χ1v) is 8.49. The Labute approximate surface area is 151 Å². The van der Waals surface area contributed by atoms with Crippen molar-refractivity contribution in [3.63, 3.8) is 0 Å². The van der Waals surface area contributed by atoms with Crippen molar-refractivity contribution in [2.75, 3.05) is 25.1 Å². The first kappa shape index (κ1) is 18.9. The van der Waals surface area contributed by atoms with Crippen LogP contribution in [-0.2, 0) is 6.42 Å². The van der Waals surface area contributed by atoms with Crippen LogP contribution in [0.25, 0.3) is 0 Å². The Hall–Kier alpha value is -2.47. The molecule has 0 aliphatic heterocycles. The van der Waals surface area contributed by atoms with Gasteiger partial charge in [-0.1, -0.05) is 17.7 Å². The number of ether oxygens (including phenoxy) is 2. The maximum atomic E-state index is 11.1. The van der Waals surface area contributed by atoms with Gasteiger partial charge in [0.1, 0.15) is 5.69 Å². The molecule has 1 N–H and O–H groups in total. The van der Waals surface area contributed by atoms with Crippen LogP contribution < -0.4 is 14.8 Å². The first-order chi connectivity index (χ1) is 12.0. The van der Waals surface area contributed by atoms with E-state index >= 15 is 0 Å². The lowest BCUT2D eigenvalue weighted by atomic mass is 10.1. The minimum atomic E-state index is -0.446. The number of nitrogens with zero attached hydrogens (tertiary/aromatic N) is 1. The molecule has 0 aliphatic rings. The quantitative estimate of drug-likeness (QED) is 0.515. The highest BCUT2D eigenvalue weighted by atomic mass is 35.5. The Kier molecular flexibility index (Phi) is 6.89. The molecule has 0 aliphatic carbocycles. The lowest BCUT2D eigenvalue weighted by Crippen LogP contribution is -2.07. The van der Waals surface area contributed by atoms with Gasteiger partial charge in [-0.2, -0.15) is 0 Å². The Morgan fingerprint density at radius 1 is 1.08 bits per heavy atom. The average Bonchev–Trinajstić information content (AvgIpc) is 2.58. The van der Waals surface area contributed by atoms with Crippen molar-refractivity contribution in [2.24, 2.45) is 0 Å². The van der Waals surface area contributed by atoms with E-state index in [1.54, 1.807) is 12.1 Å². The van der Waals surface area contributed by atoms with Crippen LogP contribution in [0.3, 0.4) is 0 Å². The van der Waals surface area contributed by atoms with E-state index in [1.807, 2.05) is 32.0 Å². The summed E-state index contributed by atoms with van der Waals surface area (Å²) in [5, 5.41) is 14.5. The van der Waals surface area contributed by atoms with E-state index in [4.69, 9.17) is 21.1 Å². The van der Waals surface area contributed by atoms with Crippen molar-refractivity contribution in [1.29, 1.82) is 0 Å². The molecule has 2 rings (SSSR count). The second kappa shape index (κ2) is 9.13. The molecular formula is C18H21ClN2O4. The molecule has 2 aromatic carbocycles. The number of nitrogens with one attached hydrogen (secondary N) is 1. The van der Waals surface area contributed by atoms with Gasteiger partial charge in [0.15, 0.2) is 11.5 Å². The van der Waals surface area contributed by atoms with Crippen LogP contribution in [0, 0.1) is 10.1 Å². The molecule has 0 fully saturated rings. The van der Waals surface area contributed by atoms with Gasteiger partial charge in [-0.15, -0.1) is 0 Å². The summed E-state index contributed by atoms with van der Waals surface area (Å²) in [6.45, 7) is 5.51. The fourth-order valence-corrected chi connectivity index (χ4v) is 2.56. The van der Waals surface area contributed by atoms with Gasteiger partial charge in [-0.25, -0.2) is 0 Å². The minimum Gasteiger partial charge on any atom is -0.490 e. The van der Waals surface area contributed by atoms with Crippen LogP contribution in [0.5, 0.6) is 11.5 Å². The van der Waals surface area contributed by atoms with E-state index in [9.17, 15) is 10.1 Å². The monoisotopic (exact) mass is 364 g/mol. The highest BCUT2D eigenvalue weighted by molar-refractivity contribution is 6.30. The first-order valence-electron chi connectivity index (χ1n) is 8.11. The van der Waals surface area contributed by atoms with Crippen molar-refractivity contribution >= 4 is 23.0 Å². The lowest BCUT2D eigenvalue weighted by molar-refractivity contribution is -0.383. The van der Waals surface area contributed by atoms with E-state index in [2.05, 4.69) is 5.32 Å². The van der Waals surface area contributed by atoms with E-state index in [1.165, 1.54) is 6.07 Å². The highest BCUT2D eigenvalue weighted by Gasteiger charge is 2.14. The number of hydrogen-bond acceptors (Lipinski definition) is 5. The molecule has 134 valence electrons. The van der Waals surface area contributed by atoms with Gasteiger partial charge in [0.2, 0.25) is 0 Å². The number of halogens is 1. The standard InChI is InChI=1S/C18H21ClN2O4/c1-3-24-17-8-5-13(11-18(17)25-4-2)9-10-20-15-7-6-14(19)12-16(15)21(22)23/h5-8,11-12,20H,3-4,9-10H2,1-2H3. The molecule has 7 heteroatoms. The van der Waals surface area contributed by atoms with Crippen LogP contribution >= 0.6 is 11.6 Å². The summed E-state index contributed by atoms with van der Waals surface area (Å²) in [6.07, 6.45) is 0.687. The fraction of sp³-hybridized carbons (Fsp3) is 0.333. The van der Waals surface area contributed by atoms with E-state index in [0.29, 0.717) is 42.6 Å². The molecule has 0 heterocycles. The summed E-state index contributed by atoms with van der Waals surface area (Å²) in [4.78, 5) is 10.7. The fourth-order valence-electron chi connectivity index (χ4n) is 2.40. The summed E-state index contributed by atoms with van der Waals surface area (Å²) < 4.78 is 11.2. The Bertz CT molecular complexity index is 737. The molecular weight excluding hydrogens is 344 g/mol. The number of hydrogen-bond donors (Lipinski definition) is 1. The number of nitro benzene ring substituents is 1. The number of benzene rings is 2. The summed E-state index contributed by atoms with van der Waals surface area (Å²) in [5.41, 5.74) is 1.47. The van der Waals surface area contributed by atoms with Gasteiger partial charge in [-0.05, 0) is 50.1 Å². The predicted molar refractivity (Wildman–Crippen MR) is 99.1 cm³/mol. The summed E-state index contributed by atoms with van der Waals surface area (Å²) in [7, 11) is 0. The SMILES string of the molecule is CCOc1ccc(CCNc2ccc(Cl)cc2[N+](=O)[O-])cc1OCC. The van der Waals surface area contributed by atoms with E-state index < -0.39 is 4.92 Å². The molecule has 2 aromatic rings. The van der Waals surface area contributed by atoms with Crippen molar-refractivity contribution in [1.82, 2.24) is 0 Å². The van der Waals surface area contributed by atoms with Gasteiger partial charge in [-0.3, -0.25) is 10.1 Å². The Balaban J connectivity index is 2.04. The van der Waals surface area contributed by atoms with Gasteiger partial charge in [0, 0.05) is 17.6 Å². The molecule has 0 unspecified atom stereocenters. The van der Waals surface area contributed by atoms with Crippen molar-refractivity contribution in [3.8, 4) is 11.5 Å². The second-order valence-corrected chi connectivity index (χ2v) is 5.68. The molecule has 6 nitrogen and oxygen atoms in total. The number of anilines is 1. The van der Waals surface area contributed by atoms with Gasteiger partial charge in [0.25, 0.3) is 5.69 Å². The van der Waals surface area contributed by atoms with Crippen molar-refractivity contribution in [3.05, 3.63) is 57.1 Å².